The van der Waals surface area contributed by atoms with Gasteiger partial charge in [0.25, 0.3) is 0 Å². The lowest BCUT2D eigenvalue weighted by Crippen LogP contribution is -2.15. The second-order valence-electron chi connectivity index (χ2n) is 7.38. The lowest BCUT2D eigenvalue weighted by molar-refractivity contribution is -0.144. The molecule has 10 heteroatoms. The van der Waals surface area contributed by atoms with Crippen molar-refractivity contribution in [3.8, 4) is 5.69 Å². The van der Waals surface area contributed by atoms with Crippen LogP contribution < -0.4 is 0 Å². The molecule has 0 fully saturated rings. The third kappa shape index (κ3) is 3.82. The average molecular weight is 428 g/mol. The van der Waals surface area contributed by atoms with E-state index in [2.05, 4.69) is 10.2 Å². The molecule has 4 nitrogen and oxygen atoms in total. The SMILES string of the molecule is Cc1cc(C(F)(F)F)n(Cc2ccc(-n3nc(C(F)(F)F)c4c3CCCC4)cc2)n1. The molecule has 1 aliphatic rings. The molecule has 0 aliphatic heterocycles. The number of nitrogens with zero attached hydrogens (tertiary/aromatic N) is 4. The van der Waals surface area contributed by atoms with E-state index in [-0.39, 0.29) is 17.8 Å². The zero-order valence-corrected chi connectivity index (χ0v) is 16.0. The summed E-state index contributed by atoms with van der Waals surface area (Å²) in [5, 5.41) is 7.72. The Hall–Kier alpha value is -2.78. The maximum atomic E-state index is 13.4. The quantitative estimate of drug-likeness (QED) is 0.528. The van der Waals surface area contributed by atoms with Gasteiger partial charge in [0.1, 0.15) is 5.69 Å². The Kier molecular flexibility index (Phi) is 4.90. The van der Waals surface area contributed by atoms with Gasteiger partial charge in [-0.1, -0.05) is 12.1 Å². The number of fused-ring (bicyclic) bond motifs is 1. The van der Waals surface area contributed by atoms with Gasteiger partial charge in [0.2, 0.25) is 0 Å². The van der Waals surface area contributed by atoms with Crippen molar-refractivity contribution in [2.45, 2.75) is 51.5 Å². The van der Waals surface area contributed by atoms with Crippen LogP contribution in [0.25, 0.3) is 5.69 Å². The topological polar surface area (TPSA) is 35.6 Å². The number of hydrogen-bond acceptors (Lipinski definition) is 2. The fourth-order valence-electron chi connectivity index (χ4n) is 3.85. The van der Waals surface area contributed by atoms with Crippen molar-refractivity contribution in [3.63, 3.8) is 0 Å². The lowest BCUT2D eigenvalue weighted by Gasteiger charge is -2.15. The largest absolute Gasteiger partial charge is 0.435 e. The Morgan fingerprint density at radius 2 is 1.57 bits per heavy atom. The summed E-state index contributed by atoms with van der Waals surface area (Å²) in [6.45, 7) is 1.38. The fraction of sp³-hybridized carbons (Fsp3) is 0.400. The number of rotatable bonds is 3. The van der Waals surface area contributed by atoms with Crippen LogP contribution in [0.15, 0.2) is 30.3 Å². The smallest absolute Gasteiger partial charge is 0.256 e. The monoisotopic (exact) mass is 428 g/mol. The molecule has 0 spiro atoms. The predicted molar refractivity (Wildman–Crippen MR) is 96.3 cm³/mol. The molecule has 0 atom stereocenters. The molecule has 1 aromatic carbocycles. The first kappa shape index (κ1) is 20.5. The van der Waals surface area contributed by atoms with Gasteiger partial charge in [-0.2, -0.15) is 36.5 Å². The third-order valence-electron chi connectivity index (χ3n) is 5.15. The second kappa shape index (κ2) is 7.17. The molecule has 160 valence electrons. The summed E-state index contributed by atoms with van der Waals surface area (Å²) in [5.41, 5.74) is 0.317. The van der Waals surface area contributed by atoms with E-state index in [1.54, 1.807) is 24.3 Å². The minimum atomic E-state index is -4.53. The molecule has 0 bridgehead atoms. The molecule has 2 aromatic heterocycles. The van der Waals surface area contributed by atoms with Gasteiger partial charge < -0.3 is 0 Å². The maximum Gasteiger partial charge on any atom is 0.435 e. The summed E-state index contributed by atoms with van der Waals surface area (Å²) in [5.74, 6) is 0. The van der Waals surface area contributed by atoms with Crippen molar-refractivity contribution in [3.05, 3.63) is 64.2 Å². The van der Waals surface area contributed by atoms with Crippen molar-refractivity contribution >= 4 is 0 Å². The van der Waals surface area contributed by atoms with Gasteiger partial charge in [0.05, 0.1) is 17.9 Å². The van der Waals surface area contributed by atoms with Gasteiger partial charge in [0, 0.05) is 11.3 Å². The van der Waals surface area contributed by atoms with Crippen LogP contribution in [0.1, 0.15) is 46.7 Å². The molecule has 1 aliphatic carbocycles. The van der Waals surface area contributed by atoms with Gasteiger partial charge in [-0.15, -0.1) is 0 Å². The van der Waals surface area contributed by atoms with Crippen LogP contribution in [0.2, 0.25) is 0 Å². The molecule has 0 radical (unpaired) electrons. The van der Waals surface area contributed by atoms with Crippen LogP contribution in [-0.2, 0) is 31.7 Å². The highest BCUT2D eigenvalue weighted by Crippen LogP contribution is 2.37. The van der Waals surface area contributed by atoms with Crippen LogP contribution in [-0.4, -0.2) is 19.6 Å². The lowest BCUT2D eigenvalue weighted by atomic mass is 9.95. The van der Waals surface area contributed by atoms with Gasteiger partial charge >= 0.3 is 12.4 Å². The van der Waals surface area contributed by atoms with Gasteiger partial charge in [0.15, 0.2) is 5.69 Å². The van der Waals surface area contributed by atoms with E-state index >= 15 is 0 Å². The number of aryl methyl sites for hydroxylation is 1. The second-order valence-corrected chi connectivity index (χ2v) is 7.38. The number of aromatic nitrogens is 4. The minimum Gasteiger partial charge on any atom is -0.256 e. The molecule has 0 amide bonds. The highest BCUT2D eigenvalue weighted by Gasteiger charge is 2.39. The molecule has 0 unspecified atom stereocenters. The summed E-state index contributed by atoms with van der Waals surface area (Å²) >= 11 is 0. The zero-order valence-electron chi connectivity index (χ0n) is 16.0. The molecular weight excluding hydrogens is 410 g/mol. The normalized spacial score (nSPS) is 14.8. The van der Waals surface area contributed by atoms with Gasteiger partial charge in [-0.05, 0) is 56.4 Å². The summed E-state index contributed by atoms with van der Waals surface area (Å²) < 4.78 is 81.7. The van der Waals surface area contributed by atoms with Crippen LogP contribution in [0.4, 0.5) is 26.3 Å². The van der Waals surface area contributed by atoms with Crippen LogP contribution in [0.3, 0.4) is 0 Å². The molecule has 0 saturated carbocycles. The minimum absolute atomic E-state index is 0.103. The maximum absolute atomic E-state index is 13.4. The number of halogens is 6. The van der Waals surface area contributed by atoms with Crippen molar-refractivity contribution in [2.75, 3.05) is 0 Å². The van der Waals surface area contributed by atoms with E-state index in [0.717, 1.165) is 17.2 Å². The number of hydrogen-bond donors (Lipinski definition) is 0. The standard InChI is InChI=1S/C20H18F6N4/c1-12-10-17(19(21,22)23)29(27-12)11-13-6-8-14(9-7-13)30-16-5-3-2-4-15(16)18(28-30)20(24,25)26/h6-10H,2-5,11H2,1H3. The molecule has 3 aromatic rings. The van der Waals surface area contributed by atoms with Crippen LogP contribution in [0.5, 0.6) is 0 Å². The van der Waals surface area contributed by atoms with E-state index in [4.69, 9.17) is 0 Å². The fourth-order valence-corrected chi connectivity index (χ4v) is 3.85. The Balaban J connectivity index is 1.65. The van der Waals surface area contributed by atoms with E-state index in [0.29, 0.717) is 36.2 Å². The van der Waals surface area contributed by atoms with Crippen molar-refractivity contribution in [1.29, 1.82) is 0 Å². The zero-order chi connectivity index (χ0) is 21.7. The average Bonchev–Trinajstić information content (AvgIpc) is 3.23. The van der Waals surface area contributed by atoms with Crippen molar-refractivity contribution in [1.82, 2.24) is 19.6 Å². The Morgan fingerprint density at radius 3 is 2.20 bits per heavy atom. The summed E-state index contributed by atoms with van der Waals surface area (Å²) in [6.07, 6.45) is -6.75. The molecule has 2 heterocycles. The van der Waals surface area contributed by atoms with Gasteiger partial charge in [-0.3, -0.25) is 4.68 Å². The third-order valence-corrected chi connectivity index (χ3v) is 5.15. The number of benzene rings is 1. The molecule has 0 saturated heterocycles. The van der Waals surface area contributed by atoms with Crippen molar-refractivity contribution in [2.24, 2.45) is 0 Å². The van der Waals surface area contributed by atoms with Crippen LogP contribution in [0, 0.1) is 6.92 Å². The van der Waals surface area contributed by atoms with E-state index in [9.17, 15) is 26.3 Å². The Bertz CT molecular complexity index is 1060. The predicted octanol–water partition coefficient (Wildman–Crippen LogP) is 5.34. The van der Waals surface area contributed by atoms with E-state index in [1.807, 2.05) is 0 Å². The first-order chi connectivity index (χ1) is 14.0. The molecule has 30 heavy (non-hydrogen) atoms. The summed E-state index contributed by atoms with van der Waals surface area (Å²) in [6, 6.07) is 7.28. The molecule has 4 rings (SSSR count). The Labute approximate surface area is 168 Å². The molecule has 0 N–H and O–H groups in total. The van der Waals surface area contributed by atoms with E-state index in [1.165, 1.54) is 11.6 Å². The van der Waals surface area contributed by atoms with Crippen LogP contribution >= 0.6 is 0 Å². The summed E-state index contributed by atoms with van der Waals surface area (Å²) in [4.78, 5) is 0. The van der Waals surface area contributed by atoms with E-state index < -0.39 is 23.7 Å². The highest BCUT2D eigenvalue weighted by molar-refractivity contribution is 5.41. The summed E-state index contributed by atoms with van der Waals surface area (Å²) in [7, 11) is 0. The van der Waals surface area contributed by atoms with Gasteiger partial charge in [-0.25, -0.2) is 4.68 Å². The first-order valence-electron chi connectivity index (χ1n) is 9.43. The van der Waals surface area contributed by atoms with Crippen molar-refractivity contribution < 1.29 is 26.3 Å². The Morgan fingerprint density at radius 1 is 0.900 bits per heavy atom. The number of alkyl halides is 6. The molecular formula is C20H18F6N4. The highest BCUT2D eigenvalue weighted by atomic mass is 19.4. The first-order valence-corrected chi connectivity index (χ1v) is 9.43.